The average Bonchev–Trinajstić information content (AvgIpc) is 2.41. The lowest BCUT2D eigenvalue weighted by molar-refractivity contribution is 0.404. The summed E-state index contributed by atoms with van der Waals surface area (Å²) in [6.07, 6.45) is 6.15. The predicted octanol–water partition coefficient (Wildman–Crippen LogP) is 2.51. The molecule has 1 aromatic rings. The van der Waals surface area contributed by atoms with E-state index in [-0.39, 0.29) is 0 Å². The minimum atomic E-state index is -3.27. The summed E-state index contributed by atoms with van der Waals surface area (Å²) in [7, 11) is -3.27. The minimum absolute atomic E-state index is 0.359. The summed E-state index contributed by atoms with van der Waals surface area (Å²) < 4.78 is 23.9. The second kappa shape index (κ2) is 6.16. The Morgan fingerprint density at radius 3 is 2.67 bits per heavy atom. The van der Waals surface area contributed by atoms with Crippen molar-refractivity contribution in [3.8, 4) is 0 Å². The highest BCUT2D eigenvalue weighted by atomic mass is 32.2. The Hall–Kier alpha value is -1.13. The molecule has 1 atom stereocenters. The average molecular weight is 265 g/mol. The van der Waals surface area contributed by atoms with Crippen molar-refractivity contribution in [2.45, 2.75) is 36.6 Å². The van der Waals surface area contributed by atoms with Crippen LogP contribution in [0.4, 0.5) is 0 Å². The molecule has 0 unspecified atom stereocenters. The fraction of sp³-hybridized carbons (Fsp3) is 0.429. The molecule has 0 radical (unpaired) electrons. The van der Waals surface area contributed by atoms with Gasteiger partial charge in [0.2, 0.25) is 0 Å². The van der Waals surface area contributed by atoms with Crippen LogP contribution in [-0.2, 0) is 9.84 Å². The minimum Gasteiger partial charge on any atom is -0.314 e. The first-order valence-electron chi connectivity index (χ1n) is 6.38. The Morgan fingerprint density at radius 2 is 2.00 bits per heavy atom. The van der Waals surface area contributed by atoms with Crippen LogP contribution in [0.2, 0.25) is 0 Å². The number of piperidine rings is 1. The number of sulfone groups is 1. The zero-order valence-electron chi connectivity index (χ0n) is 10.4. The lowest BCUT2D eigenvalue weighted by Gasteiger charge is -2.21. The van der Waals surface area contributed by atoms with Crippen LogP contribution in [0, 0.1) is 0 Å². The summed E-state index contributed by atoms with van der Waals surface area (Å²) in [5.41, 5.74) is 0. The van der Waals surface area contributed by atoms with Crippen molar-refractivity contribution in [2.75, 3.05) is 6.54 Å². The van der Waals surface area contributed by atoms with Gasteiger partial charge in [0.15, 0.2) is 9.84 Å². The third kappa shape index (κ3) is 3.68. The van der Waals surface area contributed by atoms with Gasteiger partial charge >= 0.3 is 0 Å². The molecule has 0 aromatic heterocycles. The summed E-state index contributed by atoms with van der Waals surface area (Å²) in [4.78, 5) is 0.359. The third-order valence-corrected chi connectivity index (χ3v) is 4.66. The van der Waals surface area contributed by atoms with Crippen molar-refractivity contribution in [1.29, 1.82) is 0 Å². The molecule has 1 fully saturated rings. The number of rotatable bonds is 4. The fourth-order valence-corrected chi connectivity index (χ4v) is 3.22. The third-order valence-electron chi connectivity index (χ3n) is 3.18. The van der Waals surface area contributed by atoms with Gasteiger partial charge in [-0.15, -0.1) is 0 Å². The predicted molar refractivity (Wildman–Crippen MR) is 73.0 cm³/mol. The van der Waals surface area contributed by atoms with Crippen LogP contribution in [0.1, 0.15) is 25.7 Å². The normalized spacial score (nSPS) is 21.2. The van der Waals surface area contributed by atoms with Gasteiger partial charge in [0.25, 0.3) is 0 Å². The standard InChI is InChI=1S/C14H19NO2S/c16-18(17,14-9-2-1-3-10-14)12-6-8-13-7-4-5-11-15-13/h1-3,6,9-10,12-13,15H,4-5,7-8,11H2/b12-6+/t13-/m0/s1. The van der Waals surface area contributed by atoms with Crippen molar-refractivity contribution < 1.29 is 8.42 Å². The van der Waals surface area contributed by atoms with E-state index in [1.54, 1.807) is 30.3 Å². The van der Waals surface area contributed by atoms with Crippen LogP contribution in [0.5, 0.6) is 0 Å². The molecule has 0 saturated carbocycles. The molecule has 0 aliphatic carbocycles. The Kier molecular flexibility index (Phi) is 4.55. The largest absolute Gasteiger partial charge is 0.314 e. The highest BCUT2D eigenvalue weighted by Crippen LogP contribution is 2.14. The van der Waals surface area contributed by atoms with Crippen LogP contribution >= 0.6 is 0 Å². The van der Waals surface area contributed by atoms with E-state index < -0.39 is 9.84 Å². The van der Waals surface area contributed by atoms with Gasteiger partial charge in [-0.1, -0.05) is 30.7 Å². The zero-order valence-corrected chi connectivity index (χ0v) is 11.2. The first kappa shape index (κ1) is 13.3. The molecule has 0 spiro atoms. The maximum atomic E-state index is 12.0. The highest BCUT2D eigenvalue weighted by Gasteiger charge is 2.12. The Balaban J connectivity index is 1.95. The summed E-state index contributed by atoms with van der Waals surface area (Å²) in [5, 5.41) is 4.73. The van der Waals surface area contributed by atoms with E-state index in [1.165, 1.54) is 18.2 Å². The van der Waals surface area contributed by atoms with Crippen LogP contribution in [0.3, 0.4) is 0 Å². The molecule has 1 aromatic carbocycles. The quantitative estimate of drug-likeness (QED) is 0.910. The molecule has 2 rings (SSSR count). The summed E-state index contributed by atoms with van der Waals surface area (Å²) in [5.74, 6) is 0. The van der Waals surface area contributed by atoms with Gasteiger partial charge < -0.3 is 5.32 Å². The van der Waals surface area contributed by atoms with Gasteiger partial charge in [-0.25, -0.2) is 8.42 Å². The number of nitrogens with one attached hydrogen (secondary N) is 1. The Labute approximate surface area is 109 Å². The molecule has 1 aliphatic rings. The highest BCUT2D eigenvalue weighted by molar-refractivity contribution is 7.94. The monoisotopic (exact) mass is 265 g/mol. The van der Waals surface area contributed by atoms with E-state index in [4.69, 9.17) is 0 Å². The first-order chi connectivity index (χ1) is 8.68. The fourth-order valence-electron chi connectivity index (χ4n) is 2.16. The molecule has 0 bridgehead atoms. The maximum Gasteiger partial charge on any atom is 0.199 e. The van der Waals surface area contributed by atoms with E-state index >= 15 is 0 Å². The Bertz CT molecular complexity index is 488. The van der Waals surface area contributed by atoms with Crippen molar-refractivity contribution in [2.24, 2.45) is 0 Å². The molecule has 0 amide bonds. The number of hydrogen-bond donors (Lipinski definition) is 1. The molecule has 1 heterocycles. The molecule has 18 heavy (non-hydrogen) atoms. The molecule has 98 valence electrons. The van der Waals surface area contributed by atoms with Crippen molar-refractivity contribution in [3.05, 3.63) is 41.8 Å². The smallest absolute Gasteiger partial charge is 0.199 e. The van der Waals surface area contributed by atoms with Crippen LogP contribution in [0.25, 0.3) is 0 Å². The number of benzene rings is 1. The molecule has 1 saturated heterocycles. The topological polar surface area (TPSA) is 46.2 Å². The van der Waals surface area contributed by atoms with E-state index in [0.717, 1.165) is 19.4 Å². The van der Waals surface area contributed by atoms with Crippen LogP contribution < -0.4 is 5.32 Å². The van der Waals surface area contributed by atoms with Crippen molar-refractivity contribution in [3.63, 3.8) is 0 Å². The van der Waals surface area contributed by atoms with E-state index in [2.05, 4.69) is 5.32 Å². The lowest BCUT2D eigenvalue weighted by Crippen LogP contribution is -2.33. The van der Waals surface area contributed by atoms with Gasteiger partial charge in [0.05, 0.1) is 4.90 Å². The summed E-state index contributed by atoms with van der Waals surface area (Å²) in [6, 6.07) is 8.97. The van der Waals surface area contributed by atoms with Gasteiger partial charge in [0, 0.05) is 11.4 Å². The van der Waals surface area contributed by atoms with Crippen LogP contribution in [0.15, 0.2) is 46.7 Å². The molecular weight excluding hydrogens is 246 g/mol. The van der Waals surface area contributed by atoms with Gasteiger partial charge in [-0.3, -0.25) is 0 Å². The molecule has 1 aliphatic heterocycles. The lowest BCUT2D eigenvalue weighted by atomic mass is 10.0. The number of hydrogen-bond acceptors (Lipinski definition) is 3. The SMILES string of the molecule is O=S(=O)(/C=C/C[C@@H]1CCCCN1)c1ccccc1. The first-order valence-corrected chi connectivity index (χ1v) is 7.93. The van der Waals surface area contributed by atoms with E-state index in [0.29, 0.717) is 10.9 Å². The van der Waals surface area contributed by atoms with Gasteiger partial charge in [0.1, 0.15) is 0 Å². The van der Waals surface area contributed by atoms with Crippen molar-refractivity contribution >= 4 is 9.84 Å². The Morgan fingerprint density at radius 1 is 1.22 bits per heavy atom. The molecule has 1 N–H and O–H groups in total. The van der Waals surface area contributed by atoms with Crippen molar-refractivity contribution in [1.82, 2.24) is 5.32 Å². The molecule has 4 heteroatoms. The van der Waals surface area contributed by atoms with Crippen LogP contribution in [-0.4, -0.2) is 21.0 Å². The van der Waals surface area contributed by atoms with E-state index in [9.17, 15) is 8.42 Å². The summed E-state index contributed by atoms with van der Waals surface area (Å²) in [6.45, 7) is 1.05. The summed E-state index contributed by atoms with van der Waals surface area (Å²) >= 11 is 0. The zero-order chi connectivity index (χ0) is 12.8. The molecule has 3 nitrogen and oxygen atoms in total. The molecular formula is C14H19NO2S. The maximum absolute atomic E-state index is 12.0. The van der Waals surface area contributed by atoms with Gasteiger partial charge in [-0.05, 0) is 37.9 Å². The van der Waals surface area contributed by atoms with Gasteiger partial charge in [-0.2, -0.15) is 0 Å². The van der Waals surface area contributed by atoms with E-state index in [1.807, 2.05) is 6.07 Å². The second-order valence-corrected chi connectivity index (χ2v) is 6.45. The second-order valence-electron chi connectivity index (χ2n) is 4.61.